The standard InChI is InChI=1S/C10H14BrN3O/c1-10(2,12)5-9(15)14-7-3-4-8(11)13-6-7/h3-4,6H,5,12H2,1-2H3,(H,14,15). The lowest BCUT2D eigenvalue weighted by Crippen LogP contribution is -2.36. The molecule has 0 saturated heterocycles. The first kappa shape index (κ1) is 12.1. The van der Waals surface area contributed by atoms with Gasteiger partial charge in [-0.2, -0.15) is 0 Å². The van der Waals surface area contributed by atoms with Crippen LogP contribution in [0.5, 0.6) is 0 Å². The molecule has 5 heteroatoms. The molecule has 0 aromatic carbocycles. The fourth-order valence-electron chi connectivity index (χ4n) is 1.07. The highest BCUT2D eigenvalue weighted by molar-refractivity contribution is 9.10. The average Bonchev–Trinajstić information content (AvgIpc) is 2.05. The van der Waals surface area contributed by atoms with Crippen molar-refractivity contribution in [2.45, 2.75) is 25.8 Å². The molecule has 3 N–H and O–H groups in total. The van der Waals surface area contributed by atoms with Crippen molar-refractivity contribution in [3.05, 3.63) is 22.9 Å². The predicted molar refractivity (Wildman–Crippen MR) is 63.5 cm³/mol. The van der Waals surface area contributed by atoms with Gasteiger partial charge in [-0.3, -0.25) is 4.79 Å². The number of amides is 1. The van der Waals surface area contributed by atoms with Gasteiger partial charge in [-0.1, -0.05) is 0 Å². The van der Waals surface area contributed by atoms with Crippen LogP contribution in [-0.4, -0.2) is 16.4 Å². The zero-order valence-corrected chi connectivity index (χ0v) is 10.3. The first-order valence-electron chi connectivity index (χ1n) is 4.57. The Morgan fingerprint density at radius 3 is 2.73 bits per heavy atom. The normalized spacial score (nSPS) is 11.2. The molecule has 0 spiro atoms. The quantitative estimate of drug-likeness (QED) is 0.826. The molecule has 1 aromatic heterocycles. The Balaban J connectivity index is 2.55. The van der Waals surface area contributed by atoms with Crippen LogP contribution in [0.3, 0.4) is 0 Å². The van der Waals surface area contributed by atoms with E-state index in [0.717, 1.165) is 4.60 Å². The lowest BCUT2D eigenvalue weighted by molar-refractivity contribution is -0.117. The molecular formula is C10H14BrN3O. The molecule has 0 unspecified atom stereocenters. The highest BCUT2D eigenvalue weighted by Gasteiger charge is 2.16. The van der Waals surface area contributed by atoms with E-state index in [2.05, 4.69) is 26.2 Å². The summed E-state index contributed by atoms with van der Waals surface area (Å²) < 4.78 is 0.736. The van der Waals surface area contributed by atoms with E-state index in [1.165, 1.54) is 0 Å². The highest BCUT2D eigenvalue weighted by Crippen LogP contribution is 2.12. The Kier molecular flexibility index (Phi) is 3.82. The largest absolute Gasteiger partial charge is 0.325 e. The van der Waals surface area contributed by atoms with Gasteiger partial charge in [-0.15, -0.1) is 0 Å². The minimum Gasteiger partial charge on any atom is -0.325 e. The topological polar surface area (TPSA) is 68.0 Å². The predicted octanol–water partition coefficient (Wildman–Crippen LogP) is 1.91. The molecule has 1 heterocycles. The lowest BCUT2D eigenvalue weighted by atomic mass is 10.0. The summed E-state index contributed by atoms with van der Waals surface area (Å²) in [5, 5.41) is 2.72. The van der Waals surface area contributed by atoms with Gasteiger partial charge in [-0.25, -0.2) is 4.98 Å². The molecule has 0 aliphatic heterocycles. The van der Waals surface area contributed by atoms with Gasteiger partial charge >= 0.3 is 0 Å². The minimum absolute atomic E-state index is 0.105. The van der Waals surface area contributed by atoms with Crippen LogP contribution in [0.15, 0.2) is 22.9 Å². The molecule has 82 valence electrons. The van der Waals surface area contributed by atoms with E-state index >= 15 is 0 Å². The van der Waals surface area contributed by atoms with Crippen molar-refractivity contribution in [3.8, 4) is 0 Å². The maximum Gasteiger partial charge on any atom is 0.226 e. The second-order valence-corrected chi connectivity index (χ2v) is 4.90. The Morgan fingerprint density at radius 1 is 1.60 bits per heavy atom. The summed E-state index contributed by atoms with van der Waals surface area (Å²) in [6.07, 6.45) is 1.87. The number of pyridine rings is 1. The molecule has 0 saturated carbocycles. The minimum atomic E-state index is -0.493. The van der Waals surface area contributed by atoms with E-state index in [9.17, 15) is 4.79 Å². The highest BCUT2D eigenvalue weighted by atomic mass is 79.9. The Morgan fingerprint density at radius 2 is 2.27 bits per heavy atom. The number of nitrogens with zero attached hydrogens (tertiary/aromatic N) is 1. The SMILES string of the molecule is CC(C)(N)CC(=O)Nc1ccc(Br)nc1. The number of aromatic nitrogens is 1. The molecule has 1 aromatic rings. The van der Waals surface area contributed by atoms with E-state index in [1.807, 2.05) is 13.8 Å². The third-order valence-electron chi connectivity index (χ3n) is 1.63. The van der Waals surface area contributed by atoms with Crippen molar-refractivity contribution in [1.82, 2.24) is 4.98 Å². The third kappa shape index (κ3) is 4.90. The number of anilines is 1. The van der Waals surface area contributed by atoms with Crippen molar-refractivity contribution in [1.29, 1.82) is 0 Å². The van der Waals surface area contributed by atoms with Crippen LogP contribution in [0.4, 0.5) is 5.69 Å². The molecule has 0 radical (unpaired) electrons. The number of rotatable bonds is 3. The Hall–Kier alpha value is -0.940. The lowest BCUT2D eigenvalue weighted by Gasteiger charge is -2.17. The number of hydrogen-bond donors (Lipinski definition) is 2. The second-order valence-electron chi connectivity index (χ2n) is 4.08. The summed E-state index contributed by atoms with van der Waals surface area (Å²) in [6, 6.07) is 3.54. The summed E-state index contributed by atoms with van der Waals surface area (Å²) in [4.78, 5) is 15.5. The van der Waals surface area contributed by atoms with Crippen molar-refractivity contribution in [2.75, 3.05) is 5.32 Å². The van der Waals surface area contributed by atoms with Crippen LogP contribution in [0.2, 0.25) is 0 Å². The summed E-state index contributed by atoms with van der Waals surface area (Å²) in [6.45, 7) is 3.62. The van der Waals surface area contributed by atoms with Gasteiger partial charge in [0, 0.05) is 12.0 Å². The maximum atomic E-state index is 11.5. The van der Waals surface area contributed by atoms with Crippen molar-refractivity contribution < 1.29 is 4.79 Å². The van der Waals surface area contributed by atoms with Crippen LogP contribution >= 0.6 is 15.9 Å². The van der Waals surface area contributed by atoms with Crippen LogP contribution in [-0.2, 0) is 4.79 Å². The number of carbonyl (C=O) groups excluding carboxylic acids is 1. The molecule has 0 aliphatic rings. The van der Waals surface area contributed by atoms with Crippen molar-refractivity contribution >= 4 is 27.5 Å². The zero-order chi connectivity index (χ0) is 11.5. The molecule has 4 nitrogen and oxygen atoms in total. The Labute approximate surface area is 97.4 Å². The molecule has 0 atom stereocenters. The summed E-state index contributed by atoms with van der Waals surface area (Å²) in [5.74, 6) is -0.105. The van der Waals surface area contributed by atoms with Gasteiger partial charge in [0.1, 0.15) is 4.60 Å². The average molecular weight is 272 g/mol. The van der Waals surface area contributed by atoms with Crippen LogP contribution in [0.25, 0.3) is 0 Å². The van der Waals surface area contributed by atoms with Gasteiger partial charge in [0.15, 0.2) is 0 Å². The molecule has 0 fully saturated rings. The van der Waals surface area contributed by atoms with Crippen LogP contribution < -0.4 is 11.1 Å². The number of halogens is 1. The zero-order valence-electron chi connectivity index (χ0n) is 8.75. The first-order valence-corrected chi connectivity index (χ1v) is 5.36. The number of hydrogen-bond acceptors (Lipinski definition) is 3. The molecular weight excluding hydrogens is 258 g/mol. The molecule has 0 aliphatic carbocycles. The first-order chi connectivity index (χ1) is 6.87. The van der Waals surface area contributed by atoms with E-state index < -0.39 is 5.54 Å². The van der Waals surface area contributed by atoms with Gasteiger partial charge in [-0.05, 0) is 41.9 Å². The van der Waals surface area contributed by atoms with Gasteiger partial charge < -0.3 is 11.1 Å². The van der Waals surface area contributed by atoms with E-state index in [4.69, 9.17) is 5.73 Å². The fraction of sp³-hybridized carbons (Fsp3) is 0.400. The van der Waals surface area contributed by atoms with Gasteiger partial charge in [0.05, 0.1) is 11.9 Å². The molecule has 1 amide bonds. The Bertz CT molecular complexity index is 343. The summed E-state index contributed by atoms with van der Waals surface area (Å²) in [5.41, 5.74) is 5.91. The van der Waals surface area contributed by atoms with E-state index in [0.29, 0.717) is 5.69 Å². The van der Waals surface area contributed by atoms with Crippen molar-refractivity contribution in [2.24, 2.45) is 5.73 Å². The third-order valence-corrected chi connectivity index (χ3v) is 2.10. The maximum absolute atomic E-state index is 11.5. The summed E-state index contributed by atoms with van der Waals surface area (Å²) >= 11 is 3.22. The van der Waals surface area contributed by atoms with E-state index in [-0.39, 0.29) is 12.3 Å². The van der Waals surface area contributed by atoms with Crippen LogP contribution in [0.1, 0.15) is 20.3 Å². The van der Waals surface area contributed by atoms with Gasteiger partial charge in [0.2, 0.25) is 5.91 Å². The van der Waals surface area contributed by atoms with E-state index in [1.54, 1.807) is 18.3 Å². The molecule has 1 rings (SSSR count). The van der Waals surface area contributed by atoms with Crippen molar-refractivity contribution in [3.63, 3.8) is 0 Å². The number of carbonyl (C=O) groups is 1. The smallest absolute Gasteiger partial charge is 0.226 e. The van der Waals surface area contributed by atoms with Crippen LogP contribution in [0, 0.1) is 0 Å². The number of nitrogens with one attached hydrogen (secondary N) is 1. The number of nitrogens with two attached hydrogens (primary N) is 1. The molecule has 0 bridgehead atoms. The van der Waals surface area contributed by atoms with Gasteiger partial charge in [0.25, 0.3) is 0 Å². The fourth-order valence-corrected chi connectivity index (χ4v) is 1.30. The second kappa shape index (κ2) is 4.72. The summed E-state index contributed by atoms with van der Waals surface area (Å²) in [7, 11) is 0. The monoisotopic (exact) mass is 271 g/mol. The molecule has 15 heavy (non-hydrogen) atoms.